The Bertz CT molecular complexity index is 697. The second kappa shape index (κ2) is 7.66. The summed E-state index contributed by atoms with van der Waals surface area (Å²) < 4.78 is 29.7. The first-order valence-corrected chi connectivity index (χ1v) is 10.3. The Balaban J connectivity index is 2.13. The second-order valence-electron chi connectivity index (χ2n) is 6.84. The molecule has 0 spiro atoms. The lowest BCUT2D eigenvalue weighted by Gasteiger charge is -2.18. The molecule has 1 amide bonds. The van der Waals surface area contributed by atoms with E-state index in [1.165, 1.54) is 12.3 Å². The minimum atomic E-state index is -3.35. The van der Waals surface area contributed by atoms with Gasteiger partial charge in [0, 0.05) is 31.5 Å². The summed E-state index contributed by atoms with van der Waals surface area (Å²) in [4.78, 5) is 14.7. The van der Waals surface area contributed by atoms with Crippen LogP contribution in [0.15, 0.2) is 23.1 Å². The van der Waals surface area contributed by atoms with Gasteiger partial charge in [-0.05, 0) is 36.5 Å². The zero-order valence-corrected chi connectivity index (χ0v) is 15.7. The summed E-state index contributed by atoms with van der Waals surface area (Å²) in [5.74, 6) is 0.340. The molecule has 5 nitrogen and oxygen atoms in total. The molecular weight excluding hydrogens is 326 g/mol. The van der Waals surface area contributed by atoms with Crippen LogP contribution in [0.2, 0.25) is 0 Å². The average molecular weight is 353 g/mol. The highest BCUT2D eigenvalue weighted by molar-refractivity contribution is 7.90. The van der Waals surface area contributed by atoms with E-state index in [1.807, 2.05) is 6.92 Å². The zero-order valence-electron chi connectivity index (χ0n) is 14.9. The smallest absolute Gasteiger partial charge is 0.253 e. The van der Waals surface area contributed by atoms with Crippen molar-refractivity contribution in [1.29, 1.82) is 0 Å². The van der Waals surface area contributed by atoms with E-state index in [9.17, 15) is 13.2 Å². The van der Waals surface area contributed by atoms with E-state index in [4.69, 9.17) is 4.74 Å². The predicted octanol–water partition coefficient (Wildman–Crippen LogP) is 2.54. The molecule has 0 bridgehead atoms. The van der Waals surface area contributed by atoms with Crippen LogP contribution in [0.5, 0.6) is 0 Å². The number of hydrogen-bond donors (Lipinski definition) is 0. The molecule has 24 heavy (non-hydrogen) atoms. The van der Waals surface area contributed by atoms with Crippen LogP contribution < -0.4 is 0 Å². The van der Waals surface area contributed by atoms with Gasteiger partial charge in [0.05, 0.1) is 11.0 Å². The number of carbonyl (C=O) groups is 1. The third-order valence-electron chi connectivity index (χ3n) is 4.19. The topological polar surface area (TPSA) is 63.7 Å². The van der Waals surface area contributed by atoms with Gasteiger partial charge in [-0.2, -0.15) is 0 Å². The molecule has 1 heterocycles. The van der Waals surface area contributed by atoms with E-state index >= 15 is 0 Å². The molecule has 1 atom stereocenters. The SMILES string of the molecule is CCc1ccc(C(=O)N2CCC(OCC(C)C)C2)cc1S(C)(=O)=O. The summed E-state index contributed by atoms with van der Waals surface area (Å²) in [7, 11) is -3.35. The highest BCUT2D eigenvalue weighted by Crippen LogP contribution is 2.22. The van der Waals surface area contributed by atoms with E-state index in [0.717, 1.165) is 12.0 Å². The van der Waals surface area contributed by atoms with Crippen molar-refractivity contribution in [2.45, 2.75) is 44.6 Å². The molecule has 1 saturated heterocycles. The van der Waals surface area contributed by atoms with Crippen LogP contribution in [0.1, 0.15) is 43.1 Å². The molecule has 0 aromatic heterocycles. The van der Waals surface area contributed by atoms with Gasteiger partial charge in [-0.1, -0.05) is 26.8 Å². The lowest BCUT2D eigenvalue weighted by atomic mass is 10.1. The van der Waals surface area contributed by atoms with Gasteiger partial charge in [-0.25, -0.2) is 8.42 Å². The Morgan fingerprint density at radius 2 is 2.08 bits per heavy atom. The molecule has 1 fully saturated rings. The summed E-state index contributed by atoms with van der Waals surface area (Å²) >= 11 is 0. The lowest BCUT2D eigenvalue weighted by molar-refractivity contribution is 0.0396. The average Bonchev–Trinajstić information content (AvgIpc) is 2.99. The summed E-state index contributed by atoms with van der Waals surface area (Å²) in [6.07, 6.45) is 2.69. The summed E-state index contributed by atoms with van der Waals surface area (Å²) in [6.45, 7) is 8.00. The van der Waals surface area contributed by atoms with Gasteiger partial charge >= 0.3 is 0 Å². The number of aryl methyl sites for hydroxylation is 1. The molecular formula is C18H27NO4S. The van der Waals surface area contributed by atoms with Crippen molar-refractivity contribution in [2.24, 2.45) is 5.92 Å². The number of ether oxygens (including phenoxy) is 1. The van der Waals surface area contributed by atoms with E-state index in [1.54, 1.807) is 17.0 Å². The number of sulfone groups is 1. The van der Waals surface area contributed by atoms with Gasteiger partial charge in [-0.15, -0.1) is 0 Å². The minimum absolute atomic E-state index is 0.0700. The Morgan fingerprint density at radius 1 is 1.38 bits per heavy atom. The fraction of sp³-hybridized carbons (Fsp3) is 0.611. The standard InChI is InChI=1S/C18H27NO4S/c1-5-14-6-7-15(10-17(14)24(4,21)22)18(20)19-9-8-16(11-19)23-12-13(2)3/h6-7,10,13,16H,5,8-9,11-12H2,1-4H3. The predicted molar refractivity (Wildman–Crippen MR) is 94.0 cm³/mol. The van der Waals surface area contributed by atoms with Crippen LogP contribution in [0.4, 0.5) is 0 Å². The number of carbonyl (C=O) groups excluding carboxylic acids is 1. The molecule has 2 rings (SSSR count). The van der Waals surface area contributed by atoms with Gasteiger partial charge in [-0.3, -0.25) is 4.79 Å². The summed E-state index contributed by atoms with van der Waals surface area (Å²) in [5, 5.41) is 0. The van der Waals surface area contributed by atoms with Crippen molar-refractivity contribution in [1.82, 2.24) is 4.90 Å². The number of amides is 1. The number of hydrogen-bond acceptors (Lipinski definition) is 4. The van der Waals surface area contributed by atoms with Gasteiger partial charge in [0.25, 0.3) is 5.91 Å². The third-order valence-corrected chi connectivity index (χ3v) is 5.37. The Labute approximate surface area is 144 Å². The van der Waals surface area contributed by atoms with E-state index in [2.05, 4.69) is 13.8 Å². The number of likely N-dealkylation sites (tertiary alicyclic amines) is 1. The maximum atomic E-state index is 12.7. The van der Waals surface area contributed by atoms with Crippen molar-refractivity contribution >= 4 is 15.7 Å². The van der Waals surface area contributed by atoms with Crippen LogP contribution in [-0.2, 0) is 21.0 Å². The molecule has 1 aliphatic rings. The van der Waals surface area contributed by atoms with Gasteiger partial charge < -0.3 is 9.64 Å². The fourth-order valence-electron chi connectivity index (χ4n) is 2.88. The zero-order chi connectivity index (χ0) is 17.9. The largest absolute Gasteiger partial charge is 0.376 e. The second-order valence-corrected chi connectivity index (χ2v) is 8.82. The maximum Gasteiger partial charge on any atom is 0.253 e. The number of benzene rings is 1. The number of rotatable bonds is 6. The van der Waals surface area contributed by atoms with Crippen LogP contribution in [0.3, 0.4) is 0 Å². The molecule has 1 aromatic carbocycles. The molecule has 134 valence electrons. The molecule has 1 aromatic rings. The van der Waals surface area contributed by atoms with Crippen molar-refractivity contribution in [2.75, 3.05) is 26.0 Å². The van der Waals surface area contributed by atoms with Crippen LogP contribution in [0.25, 0.3) is 0 Å². The van der Waals surface area contributed by atoms with E-state index in [-0.39, 0.29) is 16.9 Å². The molecule has 0 aliphatic carbocycles. The maximum absolute atomic E-state index is 12.7. The van der Waals surface area contributed by atoms with E-state index in [0.29, 0.717) is 37.6 Å². The molecule has 1 aliphatic heterocycles. The summed E-state index contributed by atoms with van der Waals surface area (Å²) in [5.41, 5.74) is 1.17. The van der Waals surface area contributed by atoms with Gasteiger partial charge in [0.15, 0.2) is 9.84 Å². The van der Waals surface area contributed by atoms with E-state index < -0.39 is 9.84 Å². The molecule has 0 saturated carbocycles. The van der Waals surface area contributed by atoms with Crippen molar-refractivity contribution < 1.29 is 17.9 Å². The minimum Gasteiger partial charge on any atom is -0.376 e. The Hall–Kier alpha value is -1.40. The first-order chi connectivity index (χ1) is 11.2. The molecule has 0 N–H and O–H groups in total. The normalized spacial score (nSPS) is 18.4. The Kier molecular flexibility index (Phi) is 6.04. The summed E-state index contributed by atoms with van der Waals surface area (Å²) in [6, 6.07) is 4.98. The molecule has 6 heteroatoms. The van der Waals surface area contributed by atoms with Crippen LogP contribution >= 0.6 is 0 Å². The van der Waals surface area contributed by atoms with Crippen molar-refractivity contribution in [3.05, 3.63) is 29.3 Å². The van der Waals surface area contributed by atoms with Gasteiger partial charge in [0.2, 0.25) is 0 Å². The third kappa shape index (κ3) is 4.57. The molecule has 0 radical (unpaired) electrons. The van der Waals surface area contributed by atoms with Crippen LogP contribution in [0, 0.1) is 5.92 Å². The molecule has 1 unspecified atom stereocenters. The van der Waals surface area contributed by atoms with Crippen molar-refractivity contribution in [3.63, 3.8) is 0 Å². The Morgan fingerprint density at radius 3 is 2.67 bits per heavy atom. The first kappa shape index (κ1) is 18.9. The fourth-order valence-corrected chi connectivity index (χ4v) is 3.91. The van der Waals surface area contributed by atoms with Crippen molar-refractivity contribution in [3.8, 4) is 0 Å². The van der Waals surface area contributed by atoms with Gasteiger partial charge in [0.1, 0.15) is 0 Å². The number of nitrogens with zero attached hydrogens (tertiary/aromatic N) is 1. The lowest BCUT2D eigenvalue weighted by Crippen LogP contribution is -2.30. The highest BCUT2D eigenvalue weighted by atomic mass is 32.2. The monoisotopic (exact) mass is 353 g/mol. The van der Waals surface area contributed by atoms with Crippen LogP contribution in [-0.4, -0.2) is 51.3 Å². The quantitative estimate of drug-likeness (QED) is 0.788. The highest BCUT2D eigenvalue weighted by Gasteiger charge is 2.28. The first-order valence-electron chi connectivity index (χ1n) is 8.46.